The fourth-order valence-electron chi connectivity index (χ4n) is 4.13. The fraction of sp³-hybridized carbons (Fsp3) is 0.667. The Morgan fingerprint density at radius 1 is 1.18 bits per heavy atom. The van der Waals surface area contributed by atoms with Gasteiger partial charge in [-0.05, 0) is 55.1 Å². The monoisotopic (exact) mass is 405 g/mol. The normalized spacial score (nSPS) is 22.4. The fourth-order valence-corrected chi connectivity index (χ4v) is 5.24. The Morgan fingerprint density at radius 2 is 1.93 bits per heavy atom. The van der Waals surface area contributed by atoms with Gasteiger partial charge >= 0.3 is 0 Å². The van der Waals surface area contributed by atoms with Gasteiger partial charge in [-0.2, -0.15) is 0 Å². The molecule has 2 atom stereocenters. The minimum absolute atomic E-state index is 0.0146. The molecule has 0 aromatic carbocycles. The highest BCUT2D eigenvalue weighted by atomic mass is 32.1. The van der Waals surface area contributed by atoms with Gasteiger partial charge in [0.25, 0.3) is 5.91 Å². The number of amides is 3. The van der Waals surface area contributed by atoms with Crippen LogP contribution in [0.4, 0.5) is 0 Å². The molecule has 28 heavy (non-hydrogen) atoms. The number of piperidine rings is 1. The second-order valence-electron chi connectivity index (χ2n) is 9.11. The molecule has 2 aliphatic rings. The van der Waals surface area contributed by atoms with Crippen molar-refractivity contribution in [1.29, 1.82) is 0 Å². The average Bonchev–Trinajstić information content (AvgIpc) is 3.08. The van der Waals surface area contributed by atoms with E-state index in [1.165, 1.54) is 28.7 Å². The number of likely N-dealkylation sites (tertiary alicyclic amines) is 1. The van der Waals surface area contributed by atoms with E-state index in [2.05, 4.69) is 31.6 Å². The number of nitrogens with one attached hydrogen (secondary N) is 2. The molecular weight excluding hydrogens is 374 g/mol. The van der Waals surface area contributed by atoms with E-state index < -0.39 is 0 Å². The molecular formula is C21H31N3O3S. The zero-order valence-corrected chi connectivity index (χ0v) is 18.1. The summed E-state index contributed by atoms with van der Waals surface area (Å²) in [5, 5.41) is 0. The van der Waals surface area contributed by atoms with Crippen molar-refractivity contribution in [1.82, 2.24) is 15.8 Å². The molecule has 2 heterocycles. The first-order chi connectivity index (χ1) is 13.1. The van der Waals surface area contributed by atoms with Gasteiger partial charge in [0.05, 0.1) is 10.8 Å². The Labute approximate surface area is 171 Å². The van der Waals surface area contributed by atoms with Gasteiger partial charge in [0.15, 0.2) is 0 Å². The van der Waals surface area contributed by atoms with Crippen molar-refractivity contribution in [2.75, 3.05) is 13.1 Å². The maximum absolute atomic E-state index is 12.5. The van der Waals surface area contributed by atoms with Crippen LogP contribution in [-0.4, -0.2) is 35.7 Å². The molecule has 3 amide bonds. The predicted octanol–water partition coefficient (Wildman–Crippen LogP) is 2.92. The van der Waals surface area contributed by atoms with Crippen LogP contribution in [0.2, 0.25) is 0 Å². The first kappa shape index (κ1) is 20.8. The van der Waals surface area contributed by atoms with Crippen LogP contribution in [0.5, 0.6) is 0 Å². The van der Waals surface area contributed by atoms with E-state index >= 15 is 0 Å². The van der Waals surface area contributed by atoms with E-state index in [0.29, 0.717) is 23.9 Å². The summed E-state index contributed by atoms with van der Waals surface area (Å²) in [4.78, 5) is 40.1. The Hall–Kier alpha value is -1.89. The van der Waals surface area contributed by atoms with Gasteiger partial charge in [0, 0.05) is 24.9 Å². The molecule has 0 saturated carbocycles. The second kappa shape index (κ2) is 8.23. The van der Waals surface area contributed by atoms with E-state index in [1.807, 2.05) is 6.07 Å². The topological polar surface area (TPSA) is 78.5 Å². The minimum atomic E-state index is -0.276. The number of aryl methyl sites for hydroxylation is 1. The lowest BCUT2D eigenvalue weighted by Gasteiger charge is -2.33. The maximum atomic E-state index is 12.5. The molecule has 1 aliphatic carbocycles. The number of fused-ring (bicyclic) bond motifs is 1. The van der Waals surface area contributed by atoms with Gasteiger partial charge in [-0.15, -0.1) is 11.3 Å². The lowest BCUT2D eigenvalue weighted by atomic mass is 9.72. The molecule has 1 aromatic rings. The third kappa shape index (κ3) is 4.74. The molecule has 0 unspecified atom stereocenters. The molecule has 1 aromatic heterocycles. The lowest BCUT2D eigenvalue weighted by Crippen LogP contribution is -2.49. The molecule has 1 aliphatic heterocycles. The third-order valence-electron chi connectivity index (χ3n) is 6.07. The van der Waals surface area contributed by atoms with Crippen LogP contribution < -0.4 is 10.9 Å². The Balaban J connectivity index is 1.55. The van der Waals surface area contributed by atoms with Crippen molar-refractivity contribution < 1.29 is 14.4 Å². The molecule has 2 N–H and O–H groups in total. The number of carbonyl (C=O) groups excluding carboxylic acids is 3. The predicted molar refractivity (Wildman–Crippen MR) is 110 cm³/mol. The molecule has 6 nitrogen and oxygen atoms in total. The number of rotatable bonds is 2. The zero-order chi connectivity index (χ0) is 20.5. The second-order valence-corrected chi connectivity index (χ2v) is 10.2. The summed E-state index contributed by atoms with van der Waals surface area (Å²) in [6, 6.07) is 1.98. The van der Waals surface area contributed by atoms with E-state index in [1.54, 1.807) is 4.90 Å². The molecule has 0 spiro atoms. The van der Waals surface area contributed by atoms with Crippen LogP contribution in [0.15, 0.2) is 6.07 Å². The zero-order valence-electron chi connectivity index (χ0n) is 17.3. The highest BCUT2D eigenvalue weighted by molar-refractivity contribution is 7.14. The quantitative estimate of drug-likeness (QED) is 0.743. The van der Waals surface area contributed by atoms with Gasteiger partial charge in [-0.3, -0.25) is 25.2 Å². The van der Waals surface area contributed by atoms with Crippen LogP contribution in [0.3, 0.4) is 0 Å². The number of carbonyl (C=O) groups is 3. The molecule has 7 heteroatoms. The SMILES string of the molecule is CC(=O)N1CCC[C@@H](C(=O)NNC(=O)c2cc3c(s2)CC[C@H](C(C)(C)C)C3)C1. The van der Waals surface area contributed by atoms with Crippen LogP contribution in [0.25, 0.3) is 0 Å². The number of hydrogen-bond acceptors (Lipinski definition) is 4. The molecule has 1 saturated heterocycles. The summed E-state index contributed by atoms with van der Waals surface area (Å²) < 4.78 is 0. The van der Waals surface area contributed by atoms with Crippen molar-refractivity contribution in [3.8, 4) is 0 Å². The highest BCUT2D eigenvalue weighted by Crippen LogP contribution is 2.40. The highest BCUT2D eigenvalue weighted by Gasteiger charge is 2.31. The van der Waals surface area contributed by atoms with Crippen molar-refractivity contribution in [2.24, 2.45) is 17.3 Å². The van der Waals surface area contributed by atoms with Gasteiger partial charge in [-0.25, -0.2) is 0 Å². The van der Waals surface area contributed by atoms with Crippen LogP contribution in [0, 0.1) is 17.3 Å². The van der Waals surface area contributed by atoms with Gasteiger partial charge in [0.1, 0.15) is 0 Å². The molecule has 0 bridgehead atoms. The summed E-state index contributed by atoms with van der Waals surface area (Å²) in [5.74, 6) is -0.158. The van der Waals surface area contributed by atoms with E-state index in [9.17, 15) is 14.4 Å². The van der Waals surface area contributed by atoms with E-state index in [4.69, 9.17) is 0 Å². The van der Waals surface area contributed by atoms with Gasteiger partial charge in [0.2, 0.25) is 11.8 Å². The Morgan fingerprint density at radius 3 is 2.61 bits per heavy atom. The lowest BCUT2D eigenvalue weighted by molar-refractivity contribution is -0.134. The smallest absolute Gasteiger partial charge is 0.279 e. The third-order valence-corrected chi connectivity index (χ3v) is 7.30. The molecule has 3 rings (SSSR count). The number of thiophene rings is 1. The Kier molecular flexibility index (Phi) is 6.12. The first-order valence-electron chi connectivity index (χ1n) is 10.1. The van der Waals surface area contributed by atoms with Crippen molar-refractivity contribution >= 4 is 29.1 Å². The van der Waals surface area contributed by atoms with Crippen molar-refractivity contribution in [3.05, 3.63) is 21.4 Å². The minimum Gasteiger partial charge on any atom is -0.342 e. The van der Waals surface area contributed by atoms with Crippen LogP contribution in [-0.2, 0) is 22.4 Å². The summed E-state index contributed by atoms with van der Waals surface area (Å²) >= 11 is 1.53. The van der Waals surface area contributed by atoms with Gasteiger partial charge in [-0.1, -0.05) is 20.8 Å². The summed E-state index contributed by atoms with van der Waals surface area (Å²) in [6.45, 7) is 9.45. The van der Waals surface area contributed by atoms with Crippen molar-refractivity contribution in [2.45, 2.75) is 59.8 Å². The summed E-state index contributed by atoms with van der Waals surface area (Å²) in [6.07, 6.45) is 4.72. The van der Waals surface area contributed by atoms with Crippen LogP contribution in [0.1, 0.15) is 67.1 Å². The molecule has 154 valence electrons. The Bertz CT molecular complexity index is 765. The standard InChI is InChI=1S/C21H31N3O3S/c1-13(25)24-9-5-6-14(12-24)19(26)22-23-20(27)18-11-15-10-16(21(2,3)4)7-8-17(15)28-18/h11,14,16H,5-10,12H2,1-4H3,(H,22,26)(H,23,27)/t14-,16+/m1/s1. The number of nitrogens with zero attached hydrogens (tertiary/aromatic N) is 1. The summed E-state index contributed by atoms with van der Waals surface area (Å²) in [5.41, 5.74) is 6.66. The summed E-state index contributed by atoms with van der Waals surface area (Å²) in [7, 11) is 0. The van der Waals surface area contributed by atoms with Crippen LogP contribution >= 0.6 is 11.3 Å². The largest absolute Gasteiger partial charge is 0.342 e. The molecule has 0 radical (unpaired) electrons. The maximum Gasteiger partial charge on any atom is 0.279 e. The van der Waals surface area contributed by atoms with Gasteiger partial charge < -0.3 is 4.90 Å². The molecule has 1 fully saturated rings. The number of hydrazine groups is 1. The van der Waals surface area contributed by atoms with Crippen molar-refractivity contribution in [3.63, 3.8) is 0 Å². The number of hydrogen-bond donors (Lipinski definition) is 2. The van der Waals surface area contributed by atoms with E-state index in [0.717, 1.165) is 32.1 Å². The van der Waals surface area contributed by atoms with E-state index in [-0.39, 0.29) is 29.1 Å². The first-order valence-corrected chi connectivity index (χ1v) is 10.9. The average molecular weight is 406 g/mol.